The zero-order valence-corrected chi connectivity index (χ0v) is 12.0. The number of hydrogen-bond donors (Lipinski definition) is 0. The number of aromatic nitrogens is 3. The summed E-state index contributed by atoms with van der Waals surface area (Å²) in [5.41, 5.74) is 0.0530. The third-order valence-electron chi connectivity index (χ3n) is 2.72. The Bertz CT molecular complexity index is 943. The molecule has 0 aliphatic heterocycles. The molecule has 6 nitrogen and oxygen atoms in total. The largest absolute Gasteiger partial charge is 0.278 e. The number of rotatable bonds is 2. The second-order valence-corrected chi connectivity index (χ2v) is 7.20. The van der Waals surface area contributed by atoms with E-state index in [2.05, 4.69) is 10.1 Å². The monoisotopic (exact) mass is 307 g/mol. The lowest BCUT2D eigenvalue weighted by Crippen LogP contribution is -2.17. The summed E-state index contributed by atoms with van der Waals surface area (Å²) in [4.78, 5) is 16.3. The quantitative estimate of drug-likeness (QED) is 0.712. The van der Waals surface area contributed by atoms with E-state index in [1.165, 1.54) is 18.3 Å². The molecule has 2 heterocycles. The van der Waals surface area contributed by atoms with Gasteiger partial charge in [0.15, 0.2) is 0 Å². The molecule has 3 aromatic rings. The molecule has 20 heavy (non-hydrogen) atoms. The molecule has 2 aromatic heterocycles. The van der Waals surface area contributed by atoms with Gasteiger partial charge in [-0.3, -0.25) is 4.79 Å². The Morgan fingerprint density at radius 2 is 1.90 bits per heavy atom. The summed E-state index contributed by atoms with van der Waals surface area (Å²) in [7, 11) is -3.72. The highest BCUT2D eigenvalue weighted by atomic mass is 32.2. The van der Waals surface area contributed by atoms with Crippen LogP contribution in [-0.4, -0.2) is 23.0 Å². The number of hydrogen-bond acceptors (Lipinski definition) is 6. The van der Waals surface area contributed by atoms with E-state index in [9.17, 15) is 13.2 Å². The van der Waals surface area contributed by atoms with E-state index < -0.39 is 9.84 Å². The zero-order valence-electron chi connectivity index (χ0n) is 10.3. The van der Waals surface area contributed by atoms with Crippen molar-refractivity contribution in [3.63, 3.8) is 0 Å². The number of aryl methyl sites for hydroxylation is 1. The van der Waals surface area contributed by atoms with Gasteiger partial charge in [-0.15, -0.1) is 5.10 Å². The van der Waals surface area contributed by atoms with Crippen LogP contribution in [0.2, 0.25) is 0 Å². The van der Waals surface area contributed by atoms with E-state index in [0.29, 0.717) is 5.56 Å². The van der Waals surface area contributed by atoms with Crippen LogP contribution in [0.5, 0.6) is 0 Å². The van der Waals surface area contributed by atoms with Crippen molar-refractivity contribution in [2.75, 3.05) is 0 Å². The van der Waals surface area contributed by atoms with Gasteiger partial charge in [0.25, 0.3) is 5.56 Å². The van der Waals surface area contributed by atoms with Crippen molar-refractivity contribution in [2.24, 2.45) is 0 Å². The minimum atomic E-state index is -3.72. The van der Waals surface area contributed by atoms with Crippen LogP contribution in [0.3, 0.4) is 0 Å². The zero-order chi connectivity index (χ0) is 14.3. The molecule has 0 unspecified atom stereocenters. The molecule has 0 atom stereocenters. The van der Waals surface area contributed by atoms with Gasteiger partial charge in [0.2, 0.25) is 19.1 Å². The summed E-state index contributed by atoms with van der Waals surface area (Å²) in [5.74, 6) is 0. The Morgan fingerprint density at radius 3 is 2.60 bits per heavy atom. The van der Waals surface area contributed by atoms with Gasteiger partial charge in [0.1, 0.15) is 0 Å². The molecule has 0 aliphatic carbocycles. The van der Waals surface area contributed by atoms with Crippen molar-refractivity contribution in [1.29, 1.82) is 0 Å². The average molecular weight is 307 g/mol. The molecule has 8 heteroatoms. The van der Waals surface area contributed by atoms with Crippen molar-refractivity contribution in [2.45, 2.75) is 16.2 Å². The second-order valence-electron chi connectivity index (χ2n) is 4.13. The van der Waals surface area contributed by atoms with Gasteiger partial charge < -0.3 is 0 Å². The number of nitrogens with zero attached hydrogens (tertiary/aromatic N) is 3. The first-order valence-corrected chi connectivity index (χ1v) is 7.96. The molecule has 102 valence electrons. The minimum Gasteiger partial charge on any atom is -0.267 e. The Kier molecular flexibility index (Phi) is 2.91. The summed E-state index contributed by atoms with van der Waals surface area (Å²) in [6.07, 6.45) is 1.41. The fourth-order valence-corrected chi connectivity index (χ4v) is 4.11. The van der Waals surface area contributed by atoms with Crippen LogP contribution in [0, 0.1) is 6.92 Å². The van der Waals surface area contributed by atoms with Crippen LogP contribution in [0.25, 0.3) is 4.96 Å². The molecular formula is C12H9N3O3S2. The fourth-order valence-electron chi connectivity index (χ4n) is 1.66. The predicted octanol–water partition coefficient (Wildman–Crippen LogP) is 1.29. The van der Waals surface area contributed by atoms with E-state index in [1.54, 1.807) is 25.1 Å². The standard InChI is InChI=1S/C12H9N3O3S2/c1-8-7-13-11-15(10(8)16)14-12(19-11)20(17,18)9-5-3-2-4-6-9/h2-7H,1H3. The van der Waals surface area contributed by atoms with E-state index in [0.717, 1.165) is 15.9 Å². The molecule has 0 spiro atoms. The lowest BCUT2D eigenvalue weighted by molar-refractivity contribution is 0.593. The third-order valence-corrected chi connectivity index (χ3v) is 5.78. The van der Waals surface area contributed by atoms with Crippen molar-refractivity contribution in [1.82, 2.24) is 14.6 Å². The van der Waals surface area contributed by atoms with Gasteiger partial charge in [0.05, 0.1) is 4.90 Å². The van der Waals surface area contributed by atoms with Crippen LogP contribution in [0.1, 0.15) is 5.56 Å². The topological polar surface area (TPSA) is 81.4 Å². The maximum Gasteiger partial charge on any atom is 0.278 e. The van der Waals surface area contributed by atoms with Gasteiger partial charge in [-0.2, -0.15) is 4.52 Å². The first-order chi connectivity index (χ1) is 9.50. The molecule has 0 saturated carbocycles. The SMILES string of the molecule is Cc1cnc2sc(S(=O)(=O)c3ccccc3)nn2c1=O. The van der Waals surface area contributed by atoms with E-state index in [-0.39, 0.29) is 19.8 Å². The predicted molar refractivity (Wildman–Crippen MR) is 73.8 cm³/mol. The van der Waals surface area contributed by atoms with Crippen LogP contribution < -0.4 is 5.56 Å². The lowest BCUT2D eigenvalue weighted by atomic mass is 10.4. The van der Waals surface area contributed by atoms with E-state index in [1.807, 2.05) is 0 Å². The van der Waals surface area contributed by atoms with Crippen molar-refractivity contribution in [3.05, 3.63) is 52.4 Å². The second kappa shape index (κ2) is 4.50. The Balaban J connectivity index is 2.26. The first kappa shape index (κ1) is 12.9. The smallest absolute Gasteiger partial charge is 0.267 e. The molecule has 0 aliphatic rings. The van der Waals surface area contributed by atoms with E-state index >= 15 is 0 Å². The molecule has 0 radical (unpaired) electrons. The van der Waals surface area contributed by atoms with Crippen molar-refractivity contribution in [3.8, 4) is 0 Å². The summed E-state index contributed by atoms with van der Waals surface area (Å²) in [5, 5.41) is 3.89. The maximum atomic E-state index is 12.4. The molecule has 0 fully saturated rings. The van der Waals surface area contributed by atoms with Gasteiger partial charge in [-0.05, 0) is 19.1 Å². The number of sulfone groups is 1. The minimum absolute atomic E-state index is 0.140. The van der Waals surface area contributed by atoms with Gasteiger partial charge in [-0.25, -0.2) is 13.4 Å². The molecular weight excluding hydrogens is 298 g/mol. The highest BCUT2D eigenvalue weighted by Gasteiger charge is 2.23. The summed E-state index contributed by atoms with van der Waals surface area (Å²) in [6, 6.07) is 7.97. The summed E-state index contributed by atoms with van der Waals surface area (Å²) < 4.78 is 25.7. The highest BCUT2D eigenvalue weighted by Crippen LogP contribution is 2.24. The average Bonchev–Trinajstić information content (AvgIpc) is 2.90. The third kappa shape index (κ3) is 1.93. The van der Waals surface area contributed by atoms with Crippen LogP contribution in [0.15, 0.2) is 50.6 Å². The van der Waals surface area contributed by atoms with Gasteiger partial charge >= 0.3 is 0 Å². The molecule has 0 saturated heterocycles. The molecule has 0 amide bonds. The lowest BCUT2D eigenvalue weighted by Gasteiger charge is -1.98. The Morgan fingerprint density at radius 1 is 1.20 bits per heavy atom. The van der Waals surface area contributed by atoms with Gasteiger partial charge in [-0.1, -0.05) is 29.5 Å². The summed E-state index contributed by atoms with van der Waals surface area (Å²) >= 11 is 0.875. The summed E-state index contributed by atoms with van der Waals surface area (Å²) in [6.45, 7) is 1.60. The normalized spacial score (nSPS) is 11.8. The highest BCUT2D eigenvalue weighted by molar-refractivity contribution is 7.93. The van der Waals surface area contributed by atoms with Gasteiger partial charge in [0, 0.05) is 11.8 Å². The number of fused-ring (bicyclic) bond motifs is 1. The Hall–Kier alpha value is -2.06. The van der Waals surface area contributed by atoms with Crippen molar-refractivity contribution < 1.29 is 8.42 Å². The molecule has 1 aromatic carbocycles. The maximum absolute atomic E-state index is 12.4. The van der Waals surface area contributed by atoms with Crippen LogP contribution in [-0.2, 0) is 9.84 Å². The van der Waals surface area contributed by atoms with Crippen LogP contribution >= 0.6 is 11.3 Å². The number of benzene rings is 1. The fraction of sp³-hybridized carbons (Fsp3) is 0.0833. The first-order valence-electron chi connectivity index (χ1n) is 5.66. The van der Waals surface area contributed by atoms with Crippen LogP contribution in [0.4, 0.5) is 0 Å². The molecule has 3 rings (SSSR count). The molecule has 0 N–H and O–H groups in total. The molecule has 0 bridgehead atoms. The Labute approximate surface area is 118 Å². The van der Waals surface area contributed by atoms with Crippen molar-refractivity contribution >= 4 is 26.1 Å². The van der Waals surface area contributed by atoms with E-state index in [4.69, 9.17) is 0 Å².